The number of carbonyl (C=O) groups is 2. The normalized spacial score (nSPS) is 12.0. The molecule has 3 aromatic carbocycles. The first-order chi connectivity index (χ1) is 19.5. The summed E-state index contributed by atoms with van der Waals surface area (Å²) in [5, 5.41) is 5.24. The van der Waals surface area contributed by atoms with Gasteiger partial charge in [0.2, 0.25) is 5.78 Å². The fourth-order valence-electron chi connectivity index (χ4n) is 4.50. The average Bonchev–Trinajstić information content (AvgIpc) is 3.01. The number of nitrogens with one attached hydrogen (secondary N) is 1. The minimum atomic E-state index is -0.649. The highest BCUT2D eigenvalue weighted by Gasteiger charge is 2.30. The molecule has 3 rings (SSSR count). The van der Waals surface area contributed by atoms with Gasteiger partial charge in [0, 0.05) is 17.2 Å². The topological polar surface area (TPSA) is 90.5 Å². The van der Waals surface area contributed by atoms with Gasteiger partial charge in [-0.15, -0.1) is 0 Å². The van der Waals surface area contributed by atoms with Crippen LogP contribution in [0.5, 0.6) is 11.5 Å². The van der Waals surface area contributed by atoms with Crippen LogP contribution < -0.4 is 20.1 Å². The number of ether oxygens (including phenoxy) is 3. The predicted octanol–water partition coefficient (Wildman–Crippen LogP) is 5.66. The Labute approximate surface area is 246 Å². The molecule has 40 heavy (non-hydrogen) atoms. The van der Waals surface area contributed by atoms with E-state index in [1.807, 2.05) is 71.8 Å². The van der Waals surface area contributed by atoms with Gasteiger partial charge < -0.3 is 24.8 Å². The Hall–Kier alpha value is -3.36. The smallest absolute Gasteiger partial charge is 0.333 e. The van der Waals surface area contributed by atoms with Crippen LogP contribution in [0.4, 0.5) is 5.69 Å². The summed E-state index contributed by atoms with van der Waals surface area (Å²) in [6.45, 7) is 4.92. The number of esters is 1. The molecule has 216 valence electrons. The number of rotatable bonds is 15. The molecule has 3 aromatic rings. The van der Waals surface area contributed by atoms with Crippen molar-refractivity contribution in [2.45, 2.75) is 38.8 Å². The molecule has 0 bridgehead atoms. The van der Waals surface area contributed by atoms with E-state index in [0.717, 1.165) is 24.1 Å². The second-order valence-electron chi connectivity index (χ2n) is 9.13. The maximum atomic E-state index is 13.6. The fourth-order valence-corrected chi connectivity index (χ4v) is 4.50. The molecular formula is C32H42BrN2O5+. The Morgan fingerprint density at radius 1 is 0.850 bits per heavy atom. The molecule has 0 aliphatic rings. The van der Waals surface area contributed by atoms with E-state index < -0.39 is 6.04 Å². The molecule has 0 amide bonds. The highest BCUT2D eigenvalue weighted by molar-refractivity contribution is 9.08. The zero-order chi connectivity index (χ0) is 29.3. The van der Waals surface area contributed by atoms with Crippen molar-refractivity contribution in [3.05, 3.63) is 90.0 Å². The van der Waals surface area contributed by atoms with E-state index in [1.165, 1.54) is 0 Å². The molecule has 7 nitrogen and oxygen atoms in total. The van der Waals surface area contributed by atoms with Crippen molar-refractivity contribution in [1.29, 1.82) is 0 Å². The Morgan fingerprint density at radius 2 is 1.45 bits per heavy atom. The van der Waals surface area contributed by atoms with Crippen LogP contribution in [0.15, 0.2) is 78.9 Å². The molecule has 0 heterocycles. The standard InChI is InChI=1S/C31H38N2O5.CH3Br/c1-5-22(6-2)29(21-32-20-26(34)24-17-18-27(36-3)28(19-24)37-4)38-31(35)30(23-13-9-7-10-14-23)33-25-15-11-8-12-16-25;1-2/h7-19,22,29-30,32-33H,5-6,20-21H2,1-4H3;1H3/p+1/t29-,30+;/m0./s1. The number of benzene rings is 3. The average molecular weight is 615 g/mol. The summed E-state index contributed by atoms with van der Waals surface area (Å²) in [7, 11) is 3.10. The van der Waals surface area contributed by atoms with Crippen LogP contribution in [0.3, 0.4) is 0 Å². The van der Waals surface area contributed by atoms with E-state index in [9.17, 15) is 9.59 Å². The van der Waals surface area contributed by atoms with Gasteiger partial charge in [-0.25, -0.2) is 4.79 Å². The number of alkyl halides is 1. The molecule has 0 aliphatic heterocycles. The minimum Gasteiger partial charge on any atom is -0.493 e. The van der Waals surface area contributed by atoms with Crippen LogP contribution in [0.25, 0.3) is 0 Å². The third-order valence-corrected chi connectivity index (χ3v) is 6.73. The van der Waals surface area contributed by atoms with Crippen LogP contribution >= 0.6 is 15.9 Å². The Balaban J connectivity index is 0.00000274. The lowest BCUT2D eigenvalue weighted by Crippen LogP contribution is -2.88. The lowest BCUT2D eigenvalue weighted by Gasteiger charge is -2.27. The number of halogens is 1. The lowest BCUT2D eigenvalue weighted by atomic mass is 9.96. The van der Waals surface area contributed by atoms with Crippen molar-refractivity contribution in [1.82, 2.24) is 0 Å². The number of quaternary nitrogens is 1. The lowest BCUT2D eigenvalue weighted by molar-refractivity contribution is -0.650. The SMILES string of the molecule is CBr.CCC(CC)[C@H](C[NH2+]CC(=O)c1ccc(OC)c(OC)c1)OC(=O)[C@H](Nc1ccccc1)c1ccccc1. The highest BCUT2D eigenvalue weighted by atomic mass is 79.9. The summed E-state index contributed by atoms with van der Waals surface area (Å²) in [6, 6.07) is 23.7. The maximum Gasteiger partial charge on any atom is 0.333 e. The largest absolute Gasteiger partial charge is 0.493 e. The molecule has 0 saturated heterocycles. The van der Waals surface area contributed by atoms with E-state index in [2.05, 4.69) is 35.1 Å². The number of para-hydroxylation sites is 1. The van der Waals surface area contributed by atoms with E-state index in [4.69, 9.17) is 14.2 Å². The van der Waals surface area contributed by atoms with E-state index in [-0.39, 0.29) is 30.3 Å². The zero-order valence-corrected chi connectivity index (χ0v) is 25.6. The number of Topliss-reactive ketones (excluding diaryl/α,β-unsaturated/α-hetero) is 1. The first-order valence-corrected chi connectivity index (χ1v) is 15.1. The first-order valence-electron chi connectivity index (χ1n) is 13.5. The second-order valence-corrected chi connectivity index (χ2v) is 9.13. The van der Waals surface area contributed by atoms with Crippen molar-refractivity contribution in [3.8, 4) is 11.5 Å². The van der Waals surface area contributed by atoms with Crippen LogP contribution in [0.1, 0.15) is 48.7 Å². The van der Waals surface area contributed by atoms with Crippen molar-refractivity contribution in [2.24, 2.45) is 5.92 Å². The fraction of sp³-hybridized carbons (Fsp3) is 0.375. The number of hydrogen-bond donors (Lipinski definition) is 2. The van der Waals surface area contributed by atoms with Gasteiger partial charge in [0.05, 0.1) is 14.2 Å². The Morgan fingerprint density at radius 3 is 2.02 bits per heavy atom. The van der Waals surface area contributed by atoms with E-state index >= 15 is 0 Å². The molecule has 0 radical (unpaired) electrons. The quantitative estimate of drug-likeness (QED) is 0.130. The van der Waals surface area contributed by atoms with Crippen LogP contribution in [-0.2, 0) is 9.53 Å². The van der Waals surface area contributed by atoms with Crippen molar-refractivity contribution in [3.63, 3.8) is 0 Å². The van der Waals surface area contributed by atoms with Gasteiger partial charge in [-0.2, -0.15) is 0 Å². The number of ketones is 1. The van der Waals surface area contributed by atoms with Gasteiger partial charge in [0.1, 0.15) is 13.1 Å². The third kappa shape index (κ3) is 9.68. The molecule has 2 atom stereocenters. The summed E-state index contributed by atoms with van der Waals surface area (Å²) < 4.78 is 16.7. The molecule has 0 aliphatic carbocycles. The summed E-state index contributed by atoms with van der Waals surface area (Å²) in [6.07, 6.45) is 1.40. The van der Waals surface area contributed by atoms with Crippen LogP contribution in [-0.4, -0.2) is 51.0 Å². The van der Waals surface area contributed by atoms with Gasteiger partial charge in [0.15, 0.2) is 23.6 Å². The number of nitrogens with two attached hydrogens (primary N) is 1. The first kappa shape index (κ1) is 32.8. The summed E-state index contributed by atoms with van der Waals surface area (Å²) in [5.74, 6) is 2.71. The maximum absolute atomic E-state index is 13.6. The van der Waals surface area contributed by atoms with Crippen molar-refractivity contribution >= 4 is 33.4 Å². The summed E-state index contributed by atoms with van der Waals surface area (Å²) in [5.41, 5.74) is 2.22. The molecule has 0 unspecified atom stereocenters. The highest BCUT2D eigenvalue weighted by Crippen LogP contribution is 2.28. The number of methoxy groups -OCH3 is 2. The number of anilines is 1. The molecule has 3 N–H and O–H groups in total. The summed E-state index contributed by atoms with van der Waals surface area (Å²) >= 11 is 2.94. The van der Waals surface area contributed by atoms with Crippen molar-refractivity contribution in [2.75, 3.05) is 38.5 Å². The molecule has 0 saturated carbocycles. The molecule has 0 aromatic heterocycles. The molecular weight excluding hydrogens is 572 g/mol. The predicted molar refractivity (Wildman–Crippen MR) is 164 cm³/mol. The van der Waals surface area contributed by atoms with Gasteiger partial charge in [-0.3, -0.25) is 4.79 Å². The van der Waals surface area contributed by atoms with Crippen LogP contribution in [0, 0.1) is 5.92 Å². The summed E-state index contributed by atoms with van der Waals surface area (Å²) in [4.78, 5) is 26.4. The molecule has 0 fully saturated rings. The van der Waals surface area contributed by atoms with Gasteiger partial charge in [-0.05, 0) is 54.6 Å². The monoisotopic (exact) mass is 613 g/mol. The Kier molecular flexibility index (Phi) is 14.8. The second kappa shape index (κ2) is 18.1. The van der Waals surface area contributed by atoms with Gasteiger partial charge >= 0.3 is 5.97 Å². The van der Waals surface area contributed by atoms with Gasteiger partial charge in [0.25, 0.3) is 0 Å². The number of hydrogen-bond acceptors (Lipinski definition) is 6. The van der Waals surface area contributed by atoms with Gasteiger partial charge in [-0.1, -0.05) is 78.3 Å². The van der Waals surface area contributed by atoms with Crippen LogP contribution in [0.2, 0.25) is 0 Å². The number of carbonyl (C=O) groups excluding carboxylic acids is 2. The van der Waals surface area contributed by atoms with Crippen molar-refractivity contribution < 1.29 is 29.1 Å². The molecule has 8 heteroatoms. The third-order valence-electron chi connectivity index (χ3n) is 6.73. The minimum absolute atomic E-state index is 0.0338. The molecule has 0 spiro atoms. The zero-order valence-electron chi connectivity index (χ0n) is 24.1. The van der Waals surface area contributed by atoms with E-state index in [0.29, 0.717) is 23.6 Å². The Bertz CT molecular complexity index is 1160. The van der Waals surface area contributed by atoms with E-state index in [1.54, 1.807) is 32.4 Å².